The average Bonchev–Trinajstić information content (AvgIpc) is 2.41. The maximum absolute atomic E-state index is 13.0. The third-order valence-electron chi connectivity index (χ3n) is 3.02. The molecule has 0 spiro atoms. The molecule has 3 nitrogen and oxygen atoms in total. The minimum atomic E-state index is -0.451. The smallest absolute Gasteiger partial charge is 0.142 e. The molecule has 2 aromatic carbocycles. The summed E-state index contributed by atoms with van der Waals surface area (Å²) in [5.41, 5.74) is 1.48. The highest BCUT2D eigenvalue weighted by atomic mass is 19.1. The van der Waals surface area contributed by atoms with Crippen LogP contribution in [0.1, 0.15) is 25.5 Å². The Bertz CT molecular complexity index is 586. The molecule has 0 radical (unpaired) electrons. The van der Waals surface area contributed by atoms with Crippen molar-refractivity contribution in [3.8, 4) is 11.5 Å². The van der Waals surface area contributed by atoms with Gasteiger partial charge in [0.05, 0.1) is 18.3 Å². The van der Waals surface area contributed by atoms with Crippen LogP contribution in [0.5, 0.6) is 11.5 Å². The zero-order chi connectivity index (χ0) is 14.5. The molecule has 1 atom stereocenters. The van der Waals surface area contributed by atoms with Crippen LogP contribution in [0.25, 0.3) is 0 Å². The van der Waals surface area contributed by atoms with Crippen molar-refractivity contribution in [2.75, 3.05) is 11.9 Å². The molecule has 0 amide bonds. The Morgan fingerprint density at radius 3 is 2.70 bits per heavy atom. The fourth-order valence-corrected chi connectivity index (χ4v) is 2.06. The van der Waals surface area contributed by atoms with Gasteiger partial charge in [0.1, 0.15) is 17.3 Å². The molecular formula is C16H18FNO2. The van der Waals surface area contributed by atoms with Gasteiger partial charge in [0.25, 0.3) is 0 Å². The highest BCUT2D eigenvalue weighted by Crippen LogP contribution is 2.31. The molecule has 2 rings (SSSR count). The van der Waals surface area contributed by atoms with Crippen molar-refractivity contribution in [1.29, 1.82) is 0 Å². The standard InChI is InChI=1S/C16H18FNO2/c1-3-20-16-7-5-4-6-14(16)18-11(2)13-9-8-12(17)10-15(13)19/h4-11,18-19H,3H2,1-2H3. The summed E-state index contributed by atoms with van der Waals surface area (Å²) in [6.07, 6.45) is 0. The molecule has 4 heteroatoms. The number of halogens is 1. The first kappa shape index (κ1) is 14.2. The van der Waals surface area contributed by atoms with E-state index in [0.29, 0.717) is 12.2 Å². The van der Waals surface area contributed by atoms with Crippen molar-refractivity contribution < 1.29 is 14.2 Å². The zero-order valence-electron chi connectivity index (χ0n) is 11.6. The summed E-state index contributed by atoms with van der Waals surface area (Å²) in [6, 6.07) is 11.4. The quantitative estimate of drug-likeness (QED) is 0.863. The largest absolute Gasteiger partial charge is 0.507 e. The van der Waals surface area contributed by atoms with Crippen LogP contribution < -0.4 is 10.1 Å². The van der Waals surface area contributed by atoms with Gasteiger partial charge in [-0.05, 0) is 32.0 Å². The highest BCUT2D eigenvalue weighted by Gasteiger charge is 2.13. The maximum Gasteiger partial charge on any atom is 0.142 e. The Labute approximate surface area is 118 Å². The molecule has 106 valence electrons. The molecule has 0 bridgehead atoms. The van der Waals surface area contributed by atoms with E-state index in [1.165, 1.54) is 6.07 Å². The van der Waals surface area contributed by atoms with Crippen molar-refractivity contribution in [1.82, 2.24) is 0 Å². The molecule has 0 aliphatic heterocycles. The van der Waals surface area contributed by atoms with Gasteiger partial charge in [0, 0.05) is 11.6 Å². The number of rotatable bonds is 5. The predicted octanol–water partition coefficient (Wildman–Crippen LogP) is 4.10. The Morgan fingerprint density at radius 2 is 2.00 bits per heavy atom. The van der Waals surface area contributed by atoms with Crippen molar-refractivity contribution in [2.45, 2.75) is 19.9 Å². The third-order valence-corrected chi connectivity index (χ3v) is 3.02. The molecule has 2 aromatic rings. The number of hydrogen-bond acceptors (Lipinski definition) is 3. The number of hydrogen-bond donors (Lipinski definition) is 2. The summed E-state index contributed by atoms with van der Waals surface area (Å²) in [6.45, 7) is 4.40. The van der Waals surface area contributed by atoms with E-state index < -0.39 is 5.82 Å². The molecule has 20 heavy (non-hydrogen) atoms. The van der Waals surface area contributed by atoms with Crippen LogP contribution in [-0.4, -0.2) is 11.7 Å². The fourth-order valence-electron chi connectivity index (χ4n) is 2.06. The van der Waals surface area contributed by atoms with E-state index in [0.717, 1.165) is 17.5 Å². The van der Waals surface area contributed by atoms with Gasteiger partial charge in [-0.2, -0.15) is 0 Å². The Morgan fingerprint density at radius 1 is 1.25 bits per heavy atom. The topological polar surface area (TPSA) is 41.5 Å². The first-order valence-corrected chi connectivity index (χ1v) is 6.58. The van der Waals surface area contributed by atoms with Gasteiger partial charge >= 0.3 is 0 Å². The van der Waals surface area contributed by atoms with E-state index in [1.807, 2.05) is 38.1 Å². The summed E-state index contributed by atoms with van der Waals surface area (Å²) in [4.78, 5) is 0. The van der Waals surface area contributed by atoms with Crippen molar-refractivity contribution in [2.24, 2.45) is 0 Å². The van der Waals surface area contributed by atoms with Crippen LogP contribution >= 0.6 is 0 Å². The lowest BCUT2D eigenvalue weighted by atomic mass is 10.1. The summed E-state index contributed by atoms with van der Waals surface area (Å²) in [5, 5.41) is 13.1. The van der Waals surface area contributed by atoms with Gasteiger partial charge in [-0.3, -0.25) is 0 Å². The van der Waals surface area contributed by atoms with Gasteiger partial charge in [-0.15, -0.1) is 0 Å². The van der Waals surface area contributed by atoms with E-state index in [4.69, 9.17) is 4.74 Å². The lowest BCUT2D eigenvalue weighted by Crippen LogP contribution is -2.08. The van der Waals surface area contributed by atoms with Gasteiger partial charge < -0.3 is 15.2 Å². The number of ether oxygens (including phenoxy) is 1. The maximum atomic E-state index is 13.0. The number of benzene rings is 2. The minimum Gasteiger partial charge on any atom is -0.507 e. The number of para-hydroxylation sites is 2. The molecule has 1 unspecified atom stereocenters. The first-order valence-electron chi connectivity index (χ1n) is 6.58. The minimum absolute atomic E-state index is 0.0566. The summed E-state index contributed by atoms with van der Waals surface area (Å²) in [5.74, 6) is 0.246. The Hall–Kier alpha value is -2.23. The van der Waals surface area contributed by atoms with Crippen LogP contribution in [0.2, 0.25) is 0 Å². The molecule has 0 saturated heterocycles. The van der Waals surface area contributed by atoms with Crippen molar-refractivity contribution >= 4 is 5.69 Å². The molecule has 2 N–H and O–H groups in total. The van der Waals surface area contributed by atoms with E-state index in [1.54, 1.807) is 6.07 Å². The number of phenolic OH excluding ortho intramolecular Hbond substituents is 1. The van der Waals surface area contributed by atoms with Crippen molar-refractivity contribution in [3.05, 3.63) is 53.8 Å². The second-order valence-electron chi connectivity index (χ2n) is 4.50. The van der Waals surface area contributed by atoms with Gasteiger partial charge in [-0.1, -0.05) is 18.2 Å². The lowest BCUT2D eigenvalue weighted by molar-refractivity contribution is 0.341. The summed E-state index contributed by atoms with van der Waals surface area (Å²) < 4.78 is 18.5. The number of nitrogens with one attached hydrogen (secondary N) is 1. The van der Waals surface area contributed by atoms with E-state index in [2.05, 4.69) is 5.32 Å². The van der Waals surface area contributed by atoms with E-state index in [9.17, 15) is 9.50 Å². The highest BCUT2D eigenvalue weighted by molar-refractivity contribution is 5.57. The predicted molar refractivity (Wildman–Crippen MR) is 77.7 cm³/mol. The monoisotopic (exact) mass is 275 g/mol. The Balaban J connectivity index is 2.21. The number of anilines is 1. The van der Waals surface area contributed by atoms with Crippen molar-refractivity contribution in [3.63, 3.8) is 0 Å². The third kappa shape index (κ3) is 3.20. The second kappa shape index (κ2) is 6.28. The molecule has 0 aromatic heterocycles. The molecule has 0 aliphatic rings. The molecule has 0 fully saturated rings. The number of phenols is 1. The lowest BCUT2D eigenvalue weighted by Gasteiger charge is -2.19. The zero-order valence-corrected chi connectivity index (χ0v) is 11.6. The normalized spacial score (nSPS) is 11.9. The summed E-state index contributed by atoms with van der Waals surface area (Å²) >= 11 is 0. The van der Waals surface area contributed by atoms with Crippen LogP contribution in [0.15, 0.2) is 42.5 Å². The Kier molecular flexibility index (Phi) is 4.45. The average molecular weight is 275 g/mol. The summed E-state index contributed by atoms with van der Waals surface area (Å²) in [7, 11) is 0. The molecular weight excluding hydrogens is 257 g/mol. The van der Waals surface area contributed by atoms with Crippen LogP contribution in [-0.2, 0) is 0 Å². The first-order chi connectivity index (χ1) is 9.61. The SMILES string of the molecule is CCOc1ccccc1NC(C)c1ccc(F)cc1O. The van der Waals surface area contributed by atoms with E-state index in [-0.39, 0.29) is 11.8 Å². The fraction of sp³-hybridized carbons (Fsp3) is 0.250. The van der Waals surface area contributed by atoms with Gasteiger partial charge in [0.15, 0.2) is 0 Å². The molecule has 0 aliphatic carbocycles. The molecule has 0 heterocycles. The van der Waals surface area contributed by atoms with Gasteiger partial charge in [-0.25, -0.2) is 4.39 Å². The van der Waals surface area contributed by atoms with Crippen LogP contribution in [0, 0.1) is 5.82 Å². The van der Waals surface area contributed by atoms with Gasteiger partial charge in [0.2, 0.25) is 0 Å². The second-order valence-corrected chi connectivity index (χ2v) is 4.50. The van der Waals surface area contributed by atoms with Crippen LogP contribution in [0.3, 0.4) is 0 Å². The number of aromatic hydroxyl groups is 1. The van der Waals surface area contributed by atoms with E-state index >= 15 is 0 Å². The van der Waals surface area contributed by atoms with Crippen LogP contribution in [0.4, 0.5) is 10.1 Å². The molecule has 0 saturated carbocycles.